The predicted octanol–water partition coefficient (Wildman–Crippen LogP) is 1.64. The minimum absolute atomic E-state index is 0.0117. The van der Waals surface area contributed by atoms with Gasteiger partial charge in [0.05, 0.1) is 13.0 Å². The first kappa shape index (κ1) is 26.7. The van der Waals surface area contributed by atoms with Gasteiger partial charge in [-0.1, -0.05) is 43.0 Å². The highest BCUT2D eigenvalue weighted by Crippen LogP contribution is 2.28. The molecule has 0 aliphatic rings. The van der Waals surface area contributed by atoms with Crippen molar-refractivity contribution in [1.29, 1.82) is 5.41 Å². The molecule has 2 atom stereocenters. The number of methoxy groups -OCH3 is 1. The Kier molecular flexibility index (Phi) is 9.43. The number of nitrogens with two attached hydrogens (primary N) is 1. The molecule has 0 aliphatic heterocycles. The second kappa shape index (κ2) is 12.0. The zero-order chi connectivity index (χ0) is 25.4. The van der Waals surface area contributed by atoms with Gasteiger partial charge >= 0.3 is 0 Å². The molecule has 2 amide bonds. The van der Waals surface area contributed by atoms with Gasteiger partial charge in [-0.2, -0.15) is 4.99 Å². The largest absolute Gasteiger partial charge is 0.497 e. The van der Waals surface area contributed by atoms with E-state index in [1.807, 2.05) is 36.4 Å². The molecule has 34 heavy (non-hydrogen) atoms. The number of carbonyl (C=O) groups excluding carboxylic acids is 3. The van der Waals surface area contributed by atoms with Crippen LogP contribution < -0.4 is 21.1 Å². The van der Waals surface area contributed by atoms with Crippen molar-refractivity contribution in [2.24, 2.45) is 10.7 Å². The summed E-state index contributed by atoms with van der Waals surface area (Å²) in [5.41, 5.74) is 6.52. The molecule has 10 nitrogen and oxygen atoms in total. The van der Waals surface area contributed by atoms with Gasteiger partial charge in [0.15, 0.2) is 5.12 Å². The summed E-state index contributed by atoms with van der Waals surface area (Å²) in [7, 11) is 4.83. The van der Waals surface area contributed by atoms with Gasteiger partial charge in [0.2, 0.25) is 23.7 Å². The van der Waals surface area contributed by atoms with E-state index in [0.29, 0.717) is 0 Å². The molecule has 0 bridgehead atoms. The standard InChI is InChI=1S/C23H30N6O4S/c1-13(15-6-7-17-11-18(33-5)9-8-16(17)10-15)21(32)34-12-19(26-14(2)30)20(31)27-22(24)28-23(25)29(3)4/h6-11,13,19H,12H2,1-5H3,(H,26,30)(H4,24,25,27,28,31)/t13?,19-/m0/s1. The summed E-state index contributed by atoms with van der Waals surface area (Å²) in [5.74, 6) is -1.15. The average molecular weight is 487 g/mol. The Bertz CT molecular complexity index is 1120. The molecule has 5 N–H and O–H groups in total. The van der Waals surface area contributed by atoms with E-state index in [9.17, 15) is 14.4 Å². The van der Waals surface area contributed by atoms with Crippen LogP contribution in [0.25, 0.3) is 10.8 Å². The Morgan fingerprint density at radius 2 is 1.82 bits per heavy atom. The summed E-state index contributed by atoms with van der Waals surface area (Å²) in [4.78, 5) is 42.2. The Hall–Kier alpha value is -3.60. The maximum absolute atomic E-state index is 12.9. The molecule has 0 aliphatic carbocycles. The van der Waals surface area contributed by atoms with Crippen LogP contribution in [0.1, 0.15) is 25.3 Å². The molecule has 2 rings (SSSR count). The van der Waals surface area contributed by atoms with Crippen molar-refractivity contribution in [3.63, 3.8) is 0 Å². The monoisotopic (exact) mass is 486 g/mol. The Morgan fingerprint density at radius 3 is 2.44 bits per heavy atom. The van der Waals surface area contributed by atoms with Crippen LogP contribution >= 0.6 is 11.8 Å². The van der Waals surface area contributed by atoms with E-state index in [4.69, 9.17) is 15.9 Å². The number of nitrogens with zero attached hydrogens (tertiary/aromatic N) is 2. The number of aliphatic imine (C=N–C) groups is 1. The number of ether oxygens (including phenoxy) is 1. The second-order valence-electron chi connectivity index (χ2n) is 7.78. The first-order valence-corrected chi connectivity index (χ1v) is 11.4. The molecule has 1 unspecified atom stereocenters. The zero-order valence-electron chi connectivity index (χ0n) is 19.8. The van der Waals surface area contributed by atoms with Crippen molar-refractivity contribution in [2.45, 2.75) is 25.8 Å². The van der Waals surface area contributed by atoms with Gasteiger partial charge in [0.1, 0.15) is 11.8 Å². The van der Waals surface area contributed by atoms with E-state index in [1.165, 1.54) is 11.8 Å². The average Bonchev–Trinajstić information content (AvgIpc) is 2.79. The van der Waals surface area contributed by atoms with Crippen LogP contribution in [-0.2, 0) is 14.4 Å². The van der Waals surface area contributed by atoms with Crippen LogP contribution in [0.2, 0.25) is 0 Å². The van der Waals surface area contributed by atoms with Crippen molar-refractivity contribution in [3.05, 3.63) is 42.0 Å². The number of thioether (sulfide) groups is 1. The normalized spacial score (nSPS) is 13.0. The van der Waals surface area contributed by atoms with Crippen molar-refractivity contribution in [1.82, 2.24) is 15.5 Å². The Balaban J connectivity index is 2.07. The summed E-state index contributed by atoms with van der Waals surface area (Å²) in [6.45, 7) is 3.07. The SMILES string of the molecule is COc1ccc2cc(C(C)C(=O)SC[C@H](NC(C)=O)C(=O)N/C(N)=N/C(=N)N(C)C)ccc2c1. The number of nitrogens with one attached hydrogen (secondary N) is 3. The minimum Gasteiger partial charge on any atom is -0.497 e. The number of benzene rings is 2. The highest BCUT2D eigenvalue weighted by Gasteiger charge is 2.24. The molecular weight excluding hydrogens is 456 g/mol. The molecule has 0 radical (unpaired) electrons. The van der Waals surface area contributed by atoms with E-state index in [1.54, 1.807) is 28.1 Å². The van der Waals surface area contributed by atoms with Crippen molar-refractivity contribution < 1.29 is 19.1 Å². The third-order valence-electron chi connectivity index (χ3n) is 4.91. The fraction of sp³-hybridized carbons (Fsp3) is 0.348. The number of carbonyl (C=O) groups is 3. The van der Waals surface area contributed by atoms with Crippen LogP contribution in [0.4, 0.5) is 0 Å². The van der Waals surface area contributed by atoms with Crippen molar-refractivity contribution >= 4 is 51.4 Å². The fourth-order valence-corrected chi connectivity index (χ4v) is 3.90. The molecule has 0 heterocycles. The number of hydrogen-bond donors (Lipinski definition) is 4. The predicted molar refractivity (Wildman–Crippen MR) is 135 cm³/mol. The summed E-state index contributed by atoms with van der Waals surface area (Å²) in [6.07, 6.45) is 0. The van der Waals surface area contributed by atoms with Crippen LogP contribution in [-0.4, -0.2) is 66.7 Å². The third-order valence-corrected chi connectivity index (χ3v) is 6.05. The fourth-order valence-electron chi connectivity index (χ4n) is 2.95. The quantitative estimate of drug-likeness (QED) is 0.343. The number of guanidine groups is 2. The summed E-state index contributed by atoms with van der Waals surface area (Å²) < 4.78 is 5.24. The van der Waals surface area contributed by atoms with Gasteiger partial charge in [0, 0.05) is 26.8 Å². The highest BCUT2D eigenvalue weighted by molar-refractivity contribution is 8.13. The lowest BCUT2D eigenvalue weighted by molar-refractivity contribution is -0.126. The van der Waals surface area contributed by atoms with Crippen LogP contribution in [0.15, 0.2) is 41.4 Å². The van der Waals surface area contributed by atoms with Gasteiger partial charge in [-0.25, -0.2) is 0 Å². The molecule has 11 heteroatoms. The molecular formula is C23H30N6O4S. The molecule has 0 spiro atoms. The smallest absolute Gasteiger partial charge is 0.250 e. The van der Waals surface area contributed by atoms with E-state index >= 15 is 0 Å². The van der Waals surface area contributed by atoms with E-state index in [-0.39, 0.29) is 22.8 Å². The van der Waals surface area contributed by atoms with Gasteiger partial charge in [-0.3, -0.25) is 25.1 Å². The molecule has 2 aromatic carbocycles. The molecule has 182 valence electrons. The van der Waals surface area contributed by atoms with Crippen molar-refractivity contribution in [3.8, 4) is 5.75 Å². The van der Waals surface area contributed by atoms with Crippen LogP contribution in [0, 0.1) is 5.41 Å². The Morgan fingerprint density at radius 1 is 1.18 bits per heavy atom. The first-order chi connectivity index (χ1) is 16.0. The second-order valence-corrected chi connectivity index (χ2v) is 8.81. The number of amides is 2. The van der Waals surface area contributed by atoms with Crippen molar-refractivity contribution in [2.75, 3.05) is 27.0 Å². The maximum atomic E-state index is 12.9. The van der Waals surface area contributed by atoms with Gasteiger partial charge < -0.3 is 20.7 Å². The Labute approximate surface area is 202 Å². The molecule has 0 saturated carbocycles. The first-order valence-electron chi connectivity index (χ1n) is 10.4. The van der Waals surface area contributed by atoms with E-state index < -0.39 is 23.8 Å². The highest BCUT2D eigenvalue weighted by atomic mass is 32.2. The molecule has 0 saturated heterocycles. The zero-order valence-corrected chi connectivity index (χ0v) is 20.7. The topological polar surface area (TPSA) is 150 Å². The van der Waals surface area contributed by atoms with Crippen LogP contribution in [0.5, 0.6) is 5.75 Å². The number of rotatable bonds is 7. The number of hydrogen-bond acceptors (Lipinski definition) is 6. The lowest BCUT2D eigenvalue weighted by atomic mass is 9.99. The molecule has 0 aromatic heterocycles. The van der Waals surface area contributed by atoms with Gasteiger partial charge in [-0.05, 0) is 28.5 Å². The van der Waals surface area contributed by atoms with Gasteiger partial charge in [0.25, 0.3) is 0 Å². The minimum atomic E-state index is -1.01. The summed E-state index contributed by atoms with van der Waals surface area (Å²) in [5, 5.41) is 14.4. The van der Waals surface area contributed by atoms with Gasteiger partial charge in [-0.15, -0.1) is 0 Å². The maximum Gasteiger partial charge on any atom is 0.250 e. The summed E-state index contributed by atoms with van der Waals surface area (Å²) in [6, 6.07) is 10.5. The number of fused-ring (bicyclic) bond motifs is 1. The molecule has 0 fully saturated rings. The molecule has 2 aromatic rings. The third kappa shape index (κ3) is 7.48. The van der Waals surface area contributed by atoms with E-state index in [0.717, 1.165) is 33.8 Å². The lowest BCUT2D eigenvalue weighted by Crippen LogP contribution is -2.51. The van der Waals surface area contributed by atoms with Crippen LogP contribution in [0.3, 0.4) is 0 Å². The summed E-state index contributed by atoms with van der Waals surface area (Å²) >= 11 is 0.949. The van der Waals surface area contributed by atoms with E-state index in [2.05, 4.69) is 15.6 Å². The lowest BCUT2D eigenvalue weighted by Gasteiger charge is -2.18.